The number of nitrogens with one attached hydrogen (secondary N) is 2. The second-order valence-corrected chi connectivity index (χ2v) is 5.90. The third kappa shape index (κ3) is 4.65. The Morgan fingerprint density at radius 3 is 2.20 bits per heavy atom. The average Bonchev–Trinajstić information content (AvgIpc) is 2.56. The topological polar surface area (TPSA) is 66.9 Å². The number of nitrogens with zero attached hydrogens (tertiary/aromatic N) is 2. The van der Waals surface area contributed by atoms with Gasteiger partial charge in [-0.05, 0) is 42.5 Å². The van der Waals surface area contributed by atoms with Crippen molar-refractivity contribution in [2.45, 2.75) is 0 Å². The van der Waals surface area contributed by atoms with E-state index in [2.05, 4.69) is 20.6 Å². The van der Waals surface area contributed by atoms with Crippen molar-refractivity contribution in [3.63, 3.8) is 0 Å². The first-order chi connectivity index (χ1) is 12.0. The third-order valence-electron chi connectivity index (χ3n) is 3.12. The number of aromatic nitrogens is 2. The molecule has 1 amide bonds. The van der Waals surface area contributed by atoms with E-state index in [9.17, 15) is 9.18 Å². The van der Waals surface area contributed by atoms with Gasteiger partial charge in [0.05, 0.1) is 12.4 Å². The quantitative estimate of drug-likeness (QED) is 0.678. The lowest BCUT2D eigenvalue weighted by atomic mass is 10.3. The summed E-state index contributed by atoms with van der Waals surface area (Å²) < 4.78 is 12.9. The highest BCUT2D eigenvalue weighted by atomic mass is 35.5. The molecule has 0 saturated heterocycles. The molecule has 0 aliphatic heterocycles. The molecule has 0 atom stereocenters. The number of rotatable bonds is 4. The molecule has 8 heteroatoms. The summed E-state index contributed by atoms with van der Waals surface area (Å²) in [5.74, 6) is -0.400. The second kappa shape index (κ2) is 7.46. The van der Waals surface area contributed by atoms with Crippen LogP contribution in [-0.4, -0.2) is 15.9 Å². The van der Waals surface area contributed by atoms with Crippen molar-refractivity contribution in [1.29, 1.82) is 0 Å². The van der Waals surface area contributed by atoms with E-state index < -0.39 is 5.91 Å². The van der Waals surface area contributed by atoms with E-state index in [1.165, 1.54) is 36.7 Å². The molecule has 3 aromatic rings. The molecule has 5 nitrogen and oxygen atoms in total. The largest absolute Gasteiger partial charge is 0.339 e. The van der Waals surface area contributed by atoms with Gasteiger partial charge < -0.3 is 10.6 Å². The summed E-state index contributed by atoms with van der Waals surface area (Å²) >= 11 is 11.9. The minimum atomic E-state index is -0.448. The van der Waals surface area contributed by atoms with E-state index in [0.29, 0.717) is 27.2 Å². The Labute approximate surface area is 152 Å². The molecule has 126 valence electrons. The summed E-state index contributed by atoms with van der Waals surface area (Å²) in [6, 6.07) is 10.4. The van der Waals surface area contributed by atoms with Crippen LogP contribution in [0.3, 0.4) is 0 Å². The molecular weight excluding hydrogens is 366 g/mol. The highest BCUT2D eigenvalue weighted by Crippen LogP contribution is 2.24. The number of amides is 1. The van der Waals surface area contributed by atoms with E-state index in [1.807, 2.05) is 0 Å². The molecule has 3 rings (SSSR count). The standard InChI is InChI=1S/C17H11Cl2FN4O/c18-10-5-11(19)7-14(6-10)23-16-9-21-15(8-22-16)17(25)24-13-3-1-12(20)2-4-13/h1-9H,(H,22,23)(H,24,25). The molecule has 2 aromatic carbocycles. The molecule has 0 saturated carbocycles. The lowest BCUT2D eigenvalue weighted by Gasteiger charge is -2.08. The highest BCUT2D eigenvalue weighted by molar-refractivity contribution is 6.35. The molecule has 0 radical (unpaired) electrons. The fraction of sp³-hybridized carbons (Fsp3) is 0. The summed E-state index contributed by atoms with van der Waals surface area (Å²) in [5, 5.41) is 6.57. The van der Waals surface area contributed by atoms with Gasteiger partial charge >= 0.3 is 0 Å². The predicted octanol–water partition coefficient (Wildman–Crippen LogP) is 4.92. The van der Waals surface area contributed by atoms with Gasteiger partial charge in [-0.3, -0.25) is 4.79 Å². The van der Waals surface area contributed by atoms with Gasteiger partial charge in [0.15, 0.2) is 0 Å². The Hall–Kier alpha value is -2.70. The predicted molar refractivity (Wildman–Crippen MR) is 96.1 cm³/mol. The smallest absolute Gasteiger partial charge is 0.275 e. The van der Waals surface area contributed by atoms with Crippen LogP contribution >= 0.6 is 23.2 Å². The molecule has 0 bridgehead atoms. The molecular formula is C17H11Cl2FN4O. The Kier molecular flexibility index (Phi) is 5.11. The maximum atomic E-state index is 12.9. The van der Waals surface area contributed by atoms with Crippen LogP contribution in [-0.2, 0) is 0 Å². The normalized spacial score (nSPS) is 10.4. The van der Waals surface area contributed by atoms with Crippen molar-refractivity contribution >= 4 is 46.3 Å². The first kappa shape index (κ1) is 17.1. The zero-order valence-corrected chi connectivity index (χ0v) is 14.1. The van der Waals surface area contributed by atoms with Gasteiger partial charge in [0.1, 0.15) is 17.3 Å². The van der Waals surface area contributed by atoms with Crippen LogP contribution in [0, 0.1) is 5.82 Å². The fourth-order valence-electron chi connectivity index (χ4n) is 2.01. The second-order valence-electron chi connectivity index (χ2n) is 5.03. The summed E-state index contributed by atoms with van der Waals surface area (Å²) in [5.41, 5.74) is 1.23. The van der Waals surface area contributed by atoms with E-state index in [1.54, 1.807) is 18.2 Å². The van der Waals surface area contributed by atoms with Gasteiger partial charge in [-0.25, -0.2) is 14.4 Å². The molecule has 1 heterocycles. The average molecular weight is 377 g/mol. The Morgan fingerprint density at radius 1 is 0.920 bits per heavy atom. The lowest BCUT2D eigenvalue weighted by molar-refractivity contribution is 0.102. The SMILES string of the molecule is O=C(Nc1ccc(F)cc1)c1cnc(Nc2cc(Cl)cc(Cl)c2)cn1. The zero-order valence-electron chi connectivity index (χ0n) is 12.6. The van der Waals surface area contributed by atoms with E-state index in [-0.39, 0.29) is 11.5 Å². The minimum absolute atomic E-state index is 0.124. The number of carbonyl (C=O) groups is 1. The molecule has 0 spiro atoms. The van der Waals surface area contributed by atoms with Gasteiger partial charge in [-0.15, -0.1) is 0 Å². The first-order valence-corrected chi connectivity index (χ1v) is 7.87. The van der Waals surface area contributed by atoms with Crippen molar-refractivity contribution in [3.05, 3.63) is 76.4 Å². The van der Waals surface area contributed by atoms with Gasteiger partial charge in [-0.2, -0.15) is 0 Å². The number of benzene rings is 2. The van der Waals surface area contributed by atoms with Crippen LogP contribution < -0.4 is 10.6 Å². The molecule has 1 aromatic heterocycles. The van der Waals surface area contributed by atoms with Crippen LogP contribution in [0.1, 0.15) is 10.5 Å². The number of hydrogen-bond acceptors (Lipinski definition) is 4. The highest BCUT2D eigenvalue weighted by Gasteiger charge is 2.09. The molecule has 0 unspecified atom stereocenters. The molecule has 0 aliphatic rings. The van der Waals surface area contributed by atoms with Crippen LogP contribution in [0.2, 0.25) is 10.0 Å². The molecule has 0 fully saturated rings. The van der Waals surface area contributed by atoms with E-state index in [0.717, 1.165) is 0 Å². The number of carbonyl (C=O) groups excluding carboxylic acids is 1. The van der Waals surface area contributed by atoms with Gasteiger partial charge in [-0.1, -0.05) is 23.2 Å². The Balaban J connectivity index is 1.68. The maximum absolute atomic E-state index is 12.9. The van der Waals surface area contributed by atoms with Crippen LogP contribution in [0.15, 0.2) is 54.9 Å². The van der Waals surface area contributed by atoms with Crippen molar-refractivity contribution in [2.75, 3.05) is 10.6 Å². The molecule has 0 aliphatic carbocycles. The van der Waals surface area contributed by atoms with Crippen molar-refractivity contribution in [1.82, 2.24) is 9.97 Å². The third-order valence-corrected chi connectivity index (χ3v) is 3.56. The zero-order chi connectivity index (χ0) is 17.8. The number of hydrogen-bond donors (Lipinski definition) is 2. The van der Waals surface area contributed by atoms with Crippen LogP contribution in [0.4, 0.5) is 21.6 Å². The van der Waals surface area contributed by atoms with Gasteiger partial charge in [0.2, 0.25) is 0 Å². The van der Waals surface area contributed by atoms with E-state index >= 15 is 0 Å². The summed E-state index contributed by atoms with van der Waals surface area (Å²) in [7, 11) is 0. The minimum Gasteiger partial charge on any atom is -0.339 e. The Bertz CT molecular complexity index is 881. The van der Waals surface area contributed by atoms with Crippen LogP contribution in [0.5, 0.6) is 0 Å². The Morgan fingerprint density at radius 2 is 1.60 bits per heavy atom. The van der Waals surface area contributed by atoms with Crippen molar-refractivity contribution in [3.8, 4) is 0 Å². The van der Waals surface area contributed by atoms with E-state index in [4.69, 9.17) is 23.2 Å². The first-order valence-electron chi connectivity index (χ1n) is 7.12. The summed E-state index contributed by atoms with van der Waals surface area (Å²) in [6.07, 6.45) is 2.74. The summed E-state index contributed by atoms with van der Waals surface area (Å²) in [6.45, 7) is 0. The lowest BCUT2D eigenvalue weighted by Crippen LogP contribution is -2.14. The van der Waals surface area contributed by atoms with Gasteiger partial charge in [0.25, 0.3) is 5.91 Å². The van der Waals surface area contributed by atoms with Crippen LogP contribution in [0.25, 0.3) is 0 Å². The maximum Gasteiger partial charge on any atom is 0.275 e. The monoisotopic (exact) mass is 376 g/mol. The number of halogens is 3. The molecule has 2 N–H and O–H groups in total. The summed E-state index contributed by atoms with van der Waals surface area (Å²) in [4.78, 5) is 20.3. The van der Waals surface area contributed by atoms with Gasteiger partial charge in [0, 0.05) is 21.4 Å². The van der Waals surface area contributed by atoms with Crippen molar-refractivity contribution in [2.24, 2.45) is 0 Å². The molecule has 25 heavy (non-hydrogen) atoms. The fourth-order valence-corrected chi connectivity index (χ4v) is 2.54. The number of anilines is 3. The van der Waals surface area contributed by atoms with Crippen molar-refractivity contribution < 1.29 is 9.18 Å².